The van der Waals surface area contributed by atoms with Crippen LogP contribution in [0.4, 0.5) is 8.78 Å². The van der Waals surface area contributed by atoms with E-state index in [0.717, 1.165) is 0 Å². The zero-order chi connectivity index (χ0) is 24.9. The van der Waals surface area contributed by atoms with Crippen molar-refractivity contribution in [1.29, 1.82) is 0 Å². The van der Waals surface area contributed by atoms with Gasteiger partial charge in [0.25, 0.3) is 0 Å². The van der Waals surface area contributed by atoms with Crippen LogP contribution in [0.3, 0.4) is 0 Å². The van der Waals surface area contributed by atoms with Gasteiger partial charge in [-0.2, -0.15) is 0 Å². The minimum absolute atomic E-state index is 0.155. The first-order valence-electron chi connectivity index (χ1n) is 11.3. The lowest BCUT2D eigenvalue weighted by molar-refractivity contribution is -0.146. The van der Waals surface area contributed by atoms with E-state index in [0.29, 0.717) is 59.6 Å². The molecule has 0 radical (unpaired) electrons. The molecule has 4 rings (SSSR count). The number of benzene rings is 1. The molecule has 0 spiro atoms. The molecular formula is C26H25ClF2N2O3S. The van der Waals surface area contributed by atoms with Crippen molar-refractivity contribution in [3.8, 4) is 17.6 Å². The fraction of sp³-hybridized carbons (Fsp3) is 0.385. The number of likely N-dealkylation sites (tertiary alicyclic amines) is 1. The number of carboxylic acid groups (broad SMARTS) is 1. The second kappa shape index (κ2) is 11.3. The van der Waals surface area contributed by atoms with Gasteiger partial charge >= 0.3 is 5.97 Å². The van der Waals surface area contributed by atoms with Gasteiger partial charge in [-0.15, -0.1) is 11.3 Å². The molecular weight excluding hydrogens is 494 g/mol. The molecule has 1 aromatic carbocycles. The van der Waals surface area contributed by atoms with E-state index in [1.807, 2.05) is 4.90 Å². The van der Waals surface area contributed by atoms with Crippen LogP contribution in [0, 0.1) is 29.5 Å². The molecule has 1 aliphatic heterocycles. The first-order chi connectivity index (χ1) is 16.9. The summed E-state index contributed by atoms with van der Waals surface area (Å²) in [7, 11) is 1.54. The Morgan fingerprint density at radius 3 is 2.97 bits per heavy atom. The summed E-state index contributed by atoms with van der Waals surface area (Å²) in [6.45, 7) is 1.35. The fourth-order valence-electron chi connectivity index (χ4n) is 4.57. The fourth-order valence-corrected chi connectivity index (χ4v) is 5.47. The molecule has 9 heteroatoms. The van der Waals surface area contributed by atoms with Gasteiger partial charge in [0.2, 0.25) is 0 Å². The zero-order valence-electron chi connectivity index (χ0n) is 19.1. The van der Waals surface area contributed by atoms with Crippen LogP contribution >= 0.6 is 22.9 Å². The number of rotatable bonds is 7. The van der Waals surface area contributed by atoms with Crippen molar-refractivity contribution in [2.45, 2.75) is 25.4 Å². The summed E-state index contributed by atoms with van der Waals surface area (Å²) >= 11 is 7.56. The van der Waals surface area contributed by atoms with Gasteiger partial charge in [-0.1, -0.05) is 23.4 Å². The Labute approximate surface area is 211 Å². The van der Waals surface area contributed by atoms with Crippen LogP contribution in [0.2, 0.25) is 5.02 Å². The van der Waals surface area contributed by atoms with E-state index in [2.05, 4.69) is 16.8 Å². The lowest BCUT2D eigenvalue weighted by atomic mass is 9.81. The van der Waals surface area contributed by atoms with Crippen molar-refractivity contribution in [3.63, 3.8) is 0 Å². The number of thiophene rings is 1. The number of carboxylic acids is 1. The predicted octanol–water partition coefficient (Wildman–Crippen LogP) is 5.96. The summed E-state index contributed by atoms with van der Waals surface area (Å²) in [4.78, 5) is 18.6. The Morgan fingerprint density at radius 2 is 2.26 bits per heavy atom. The number of halogens is 3. The molecule has 5 nitrogen and oxygen atoms in total. The van der Waals surface area contributed by atoms with Gasteiger partial charge < -0.3 is 9.84 Å². The lowest BCUT2D eigenvalue weighted by Gasteiger charge is -2.36. The third kappa shape index (κ3) is 5.92. The number of ether oxygens (including phenoxy) is 1. The SMILES string of the molecule is COc1ccc2ncc(Cl)c([C@H](F)CCC3CCN(CC#Cc4sccc4F)CC3C(=O)O)c2c1. The number of pyridine rings is 1. The highest BCUT2D eigenvalue weighted by Crippen LogP contribution is 2.38. The lowest BCUT2D eigenvalue weighted by Crippen LogP contribution is -2.44. The minimum Gasteiger partial charge on any atom is -0.497 e. The molecule has 0 amide bonds. The molecule has 0 aliphatic carbocycles. The molecule has 3 atom stereocenters. The van der Waals surface area contributed by atoms with Crippen molar-refractivity contribution in [2.24, 2.45) is 11.8 Å². The molecule has 1 fully saturated rings. The Morgan fingerprint density at radius 1 is 1.43 bits per heavy atom. The topological polar surface area (TPSA) is 62.7 Å². The Bertz CT molecular complexity index is 1270. The van der Waals surface area contributed by atoms with Gasteiger partial charge in [0, 0.05) is 23.7 Å². The highest BCUT2D eigenvalue weighted by atomic mass is 35.5. The van der Waals surface area contributed by atoms with Crippen molar-refractivity contribution < 1.29 is 23.4 Å². The average molecular weight is 519 g/mol. The number of methoxy groups -OCH3 is 1. The van der Waals surface area contributed by atoms with Crippen molar-refractivity contribution in [1.82, 2.24) is 9.88 Å². The summed E-state index contributed by atoms with van der Waals surface area (Å²) in [5.74, 6) is 4.31. The molecule has 1 saturated heterocycles. The second-order valence-electron chi connectivity index (χ2n) is 8.58. The van der Waals surface area contributed by atoms with Gasteiger partial charge in [0.15, 0.2) is 0 Å². The van der Waals surface area contributed by atoms with Crippen LogP contribution in [0.15, 0.2) is 35.8 Å². The summed E-state index contributed by atoms with van der Waals surface area (Å²) in [6.07, 6.45) is 1.28. The van der Waals surface area contributed by atoms with Gasteiger partial charge in [-0.25, -0.2) is 8.78 Å². The number of nitrogens with zero attached hydrogens (tertiary/aromatic N) is 2. The quantitative estimate of drug-likeness (QED) is 0.391. The van der Waals surface area contributed by atoms with Gasteiger partial charge in [-0.3, -0.25) is 14.7 Å². The Balaban J connectivity index is 1.41. The van der Waals surface area contributed by atoms with E-state index in [9.17, 15) is 14.3 Å². The normalized spacial score (nSPS) is 19.2. The number of fused-ring (bicyclic) bond motifs is 1. The molecule has 35 heavy (non-hydrogen) atoms. The van der Waals surface area contributed by atoms with Crippen molar-refractivity contribution in [2.75, 3.05) is 26.7 Å². The van der Waals surface area contributed by atoms with Crippen LogP contribution in [-0.4, -0.2) is 47.7 Å². The second-order valence-corrected chi connectivity index (χ2v) is 9.90. The van der Waals surface area contributed by atoms with Crippen LogP contribution in [-0.2, 0) is 4.79 Å². The summed E-state index contributed by atoms with van der Waals surface area (Å²) in [5.41, 5.74) is 0.976. The molecule has 0 bridgehead atoms. The number of piperidine rings is 1. The van der Waals surface area contributed by atoms with Crippen molar-refractivity contribution in [3.05, 3.63) is 57.1 Å². The maximum Gasteiger partial charge on any atom is 0.308 e. The molecule has 3 heterocycles. The van der Waals surface area contributed by atoms with E-state index >= 15 is 4.39 Å². The first kappa shape index (κ1) is 25.4. The Hall–Kier alpha value is -2.73. The van der Waals surface area contributed by atoms with Crippen LogP contribution in [0.5, 0.6) is 5.75 Å². The van der Waals surface area contributed by atoms with E-state index in [1.165, 1.54) is 30.7 Å². The Kier molecular flexibility index (Phi) is 8.22. The number of alkyl halides is 1. The monoisotopic (exact) mass is 518 g/mol. The molecule has 2 aromatic heterocycles. The third-order valence-corrected chi connectivity index (χ3v) is 7.56. The number of aromatic nitrogens is 1. The third-order valence-electron chi connectivity index (χ3n) is 6.45. The molecule has 1 N–H and O–H groups in total. The van der Waals surface area contributed by atoms with E-state index in [4.69, 9.17) is 16.3 Å². The van der Waals surface area contributed by atoms with E-state index in [-0.39, 0.29) is 23.2 Å². The van der Waals surface area contributed by atoms with Crippen LogP contribution < -0.4 is 4.74 Å². The number of hydrogen-bond donors (Lipinski definition) is 1. The molecule has 3 aromatic rings. The van der Waals surface area contributed by atoms with Crippen molar-refractivity contribution >= 4 is 39.8 Å². The van der Waals surface area contributed by atoms with E-state index in [1.54, 1.807) is 23.6 Å². The van der Waals surface area contributed by atoms with Crippen LogP contribution in [0.1, 0.15) is 35.9 Å². The predicted molar refractivity (Wildman–Crippen MR) is 133 cm³/mol. The number of carbonyl (C=O) groups is 1. The molecule has 2 unspecified atom stereocenters. The molecule has 184 valence electrons. The molecule has 1 aliphatic rings. The van der Waals surface area contributed by atoms with E-state index < -0.39 is 18.1 Å². The number of aliphatic carboxylic acids is 1. The zero-order valence-corrected chi connectivity index (χ0v) is 20.7. The van der Waals surface area contributed by atoms with Crippen LogP contribution in [0.25, 0.3) is 10.9 Å². The summed E-state index contributed by atoms with van der Waals surface area (Å²) < 4.78 is 34.3. The molecule has 0 saturated carbocycles. The highest BCUT2D eigenvalue weighted by molar-refractivity contribution is 7.10. The smallest absolute Gasteiger partial charge is 0.308 e. The first-order valence-corrected chi connectivity index (χ1v) is 12.6. The van der Waals surface area contributed by atoms with Gasteiger partial charge in [-0.05, 0) is 61.4 Å². The summed E-state index contributed by atoms with van der Waals surface area (Å²) in [6, 6.07) is 6.61. The maximum atomic E-state index is 15.5. The van der Waals surface area contributed by atoms with Gasteiger partial charge in [0.1, 0.15) is 22.6 Å². The standard InChI is InChI=1S/C26H25ClF2N2O3S/c1-34-17-5-7-23-18(13-17)25(20(27)14-30-23)22(29)6-4-16-8-11-31(15-19(16)26(32)33)10-2-3-24-21(28)9-12-35-24/h5,7,9,12-14,16,19,22H,4,6,8,10-11,15H2,1H3,(H,32,33)/t16?,19?,22-/m1/s1. The minimum atomic E-state index is -1.36. The largest absolute Gasteiger partial charge is 0.497 e. The average Bonchev–Trinajstić information content (AvgIpc) is 3.26. The highest BCUT2D eigenvalue weighted by Gasteiger charge is 2.34. The van der Waals surface area contributed by atoms with Gasteiger partial charge in [0.05, 0.1) is 30.1 Å². The number of hydrogen-bond acceptors (Lipinski definition) is 5. The summed E-state index contributed by atoms with van der Waals surface area (Å²) in [5, 5.41) is 12.3. The maximum absolute atomic E-state index is 15.5.